The van der Waals surface area contributed by atoms with Crippen molar-refractivity contribution in [3.05, 3.63) is 99.2 Å². The molecule has 0 atom stereocenters. The summed E-state index contributed by atoms with van der Waals surface area (Å²) in [5, 5.41) is 11.7. The number of nitrogens with one attached hydrogen (secondary N) is 1. The topological polar surface area (TPSA) is 64.7 Å². The number of carbonyl (C=O) groups is 1. The Morgan fingerprint density at radius 3 is 2.26 bits per heavy atom. The molecule has 0 fully saturated rings. The molecule has 158 valence electrons. The molecule has 2 aromatic heterocycles. The first kappa shape index (κ1) is 21.0. The minimum absolute atomic E-state index is 0.229. The van der Waals surface area contributed by atoms with Crippen LogP contribution >= 0.6 is 15.9 Å². The van der Waals surface area contributed by atoms with Crippen LogP contribution in [0.1, 0.15) is 32.9 Å². The molecular formula is C23H21BrFN5O. The Kier molecular flexibility index (Phi) is 5.99. The normalized spacial score (nSPS) is 11.0. The smallest absolute Gasteiger partial charge is 0.256 e. The van der Waals surface area contributed by atoms with E-state index in [0.717, 1.165) is 27.0 Å². The van der Waals surface area contributed by atoms with Crippen molar-refractivity contribution in [1.82, 2.24) is 19.6 Å². The first-order valence-corrected chi connectivity index (χ1v) is 10.6. The fourth-order valence-electron chi connectivity index (χ4n) is 3.25. The van der Waals surface area contributed by atoms with Crippen molar-refractivity contribution in [3.8, 4) is 0 Å². The molecule has 6 nitrogen and oxygen atoms in total. The largest absolute Gasteiger partial charge is 0.305 e. The zero-order valence-corrected chi connectivity index (χ0v) is 18.7. The molecule has 0 radical (unpaired) electrons. The molecule has 4 aromatic rings. The Bertz CT molecular complexity index is 1210. The Morgan fingerprint density at radius 1 is 0.968 bits per heavy atom. The molecule has 0 bridgehead atoms. The molecule has 0 aliphatic carbocycles. The maximum atomic E-state index is 13.0. The summed E-state index contributed by atoms with van der Waals surface area (Å²) in [6, 6.07) is 15.4. The maximum Gasteiger partial charge on any atom is 0.256 e. The first-order valence-electron chi connectivity index (χ1n) is 9.77. The monoisotopic (exact) mass is 481 g/mol. The summed E-state index contributed by atoms with van der Waals surface area (Å²) in [4.78, 5) is 12.6. The third kappa shape index (κ3) is 4.91. The van der Waals surface area contributed by atoms with E-state index in [1.807, 2.05) is 30.7 Å². The van der Waals surface area contributed by atoms with E-state index in [2.05, 4.69) is 31.4 Å². The Labute approximate surface area is 187 Å². The number of benzene rings is 2. The molecule has 0 saturated heterocycles. The molecular weight excluding hydrogens is 461 g/mol. The van der Waals surface area contributed by atoms with E-state index >= 15 is 0 Å². The molecule has 8 heteroatoms. The van der Waals surface area contributed by atoms with Crippen molar-refractivity contribution in [2.45, 2.75) is 26.9 Å². The van der Waals surface area contributed by atoms with E-state index in [0.29, 0.717) is 24.5 Å². The lowest BCUT2D eigenvalue weighted by atomic mass is 10.1. The van der Waals surface area contributed by atoms with Crippen LogP contribution < -0.4 is 5.32 Å². The standard InChI is InChI=1S/C23H21BrFN5O/c1-15-22(24)16(2)30(27-15)14-18-3-7-19(8-4-18)23(31)26-21-11-12-29(28-21)13-17-5-9-20(25)10-6-17/h3-12H,13-14H2,1-2H3,(H,26,28,31). The number of amides is 1. The molecule has 1 amide bonds. The van der Waals surface area contributed by atoms with Crippen molar-refractivity contribution in [2.24, 2.45) is 0 Å². The molecule has 31 heavy (non-hydrogen) atoms. The molecule has 0 aliphatic heterocycles. The molecule has 2 aromatic carbocycles. The van der Waals surface area contributed by atoms with Crippen molar-refractivity contribution in [3.63, 3.8) is 0 Å². The first-order chi connectivity index (χ1) is 14.9. The van der Waals surface area contributed by atoms with Crippen molar-refractivity contribution >= 4 is 27.7 Å². The number of carbonyl (C=O) groups excluding carboxylic acids is 1. The van der Waals surface area contributed by atoms with Gasteiger partial charge in [0.2, 0.25) is 0 Å². The zero-order chi connectivity index (χ0) is 22.0. The predicted octanol–water partition coefficient (Wildman–Crippen LogP) is 4.95. The van der Waals surface area contributed by atoms with Gasteiger partial charge < -0.3 is 5.32 Å². The summed E-state index contributed by atoms with van der Waals surface area (Å²) < 4.78 is 17.7. The van der Waals surface area contributed by atoms with Gasteiger partial charge in [0.25, 0.3) is 5.91 Å². The van der Waals surface area contributed by atoms with E-state index in [4.69, 9.17) is 0 Å². The molecule has 0 saturated carbocycles. The summed E-state index contributed by atoms with van der Waals surface area (Å²) in [6.45, 7) is 5.10. The highest BCUT2D eigenvalue weighted by atomic mass is 79.9. The average Bonchev–Trinajstić information content (AvgIpc) is 3.29. The summed E-state index contributed by atoms with van der Waals surface area (Å²) in [7, 11) is 0. The molecule has 0 aliphatic rings. The van der Waals surface area contributed by atoms with E-state index in [9.17, 15) is 9.18 Å². The van der Waals surface area contributed by atoms with Gasteiger partial charge in [-0.2, -0.15) is 10.2 Å². The van der Waals surface area contributed by atoms with Gasteiger partial charge in [0.1, 0.15) is 5.82 Å². The number of anilines is 1. The van der Waals surface area contributed by atoms with Crippen LogP contribution in [0.5, 0.6) is 0 Å². The highest BCUT2D eigenvalue weighted by molar-refractivity contribution is 9.10. The number of hydrogen-bond donors (Lipinski definition) is 1. The minimum Gasteiger partial charge on any atom is -0.305 e. The van der Waals surface area contributed by atoms with E-state index in [1.54, 1.807) is 41.2 Å². The number of rotatable bonds is 6. The second-order valence-electron chi connectivity index (χ2n) is 7.32. The van der Waals surface area contributed by atoms with Crippen LogP contribution in [0.25, 0.3) is 0 Å². The lowest BCUT2D eigenvalue weighted by molar-refractivity contribution is 0.102. The highest BCUT2D eigenvalue weighted by Gasteiger charge is 2.11. The van der Waals surface area contributed by atoms with Crippen LogP contribution in [-0.2, 0) is 13.1 Å². The van der Waals surface area contributed by atoms with E-state index in [-0.39, 0.29) is 11.7 Å². The van der Waals surface area contributed by atoms with Crippen molar-refractivity contribution in [1.29, 1.82) is 0 Å². The SMILES string of the molecule is Cc1nn(Cc2ccc(C(=O)Nc3ccn(Cc4ccc(F)cc4)n3)cc2)c(C)c1Br. The number of aromatic nitrogens is 4. The highest BCUT2D eigenvalue weighted by Crippen LogP contribution is 2.21. The average molecular weight is 482 g/mol. The Morgan fingerprint density at radius 2 is 1.61 bits per heavy atom. The van der Waals surface area contributed by atoms with Gasteiger partial charge >= 0.3 is 0 Å². The summed E-state index contributed by atoms with van der Waals surface area (Å²) >= 11 is 3.54. The second kappa shape index (κ2) is 8.85. The Hall–Kier alpha value is -3.26. The number of halogens is 2. The van der Waals surface area contributed by atoms with E-state index in [1.165, 1.54) is 12.1 Å². The van der Waals surface area contributed by atoms with Gasteiger partial charge in [-0.15, -0.1) is 0 Å². The second-order valence-corrected chi connectivity index (χ2v) is 8.11. The fraction of sp³-hybridized carbons (Fsp3) is 0.174. The number of hydrogen-bond acceptors (Lipinski definition) is 3. The number of nitrogens with zero attached hydrogens (tertiary/aromatic N) is 4. The van der Waals surface area contributed by atoms with Gasteiger partial charge in [0, 0.05) is 17.8 Å². The lowest BCUT2D eigenvalue weighted by Gasteiger charge is -2.07. The van der Waals surface area contributed by atoms with Gasteiger partial charge in [0.15, 0.2) is 5.82 Å². The van der Waals surface area contributed by atoms with Gasteiger partial charge in [-0.25, -0.2) is 4.39 Å². The molecule has 0 spiro atoms. The molecule has 0 unspecified atom stereocenters. The summed E-state index contributed by atoms with van der Waals surface area (Å²) in [5.74, 6) is -0.0398. The zero-order valence-electron chi connectivity index (χ0n) is 17.1. The lowest BCUT2D eigenvalue weighted by Crippen LogP contribution is -2.13. The molecule has 4 rings (SSSR count). The van der Waals surface area contributed by atoms with Crippen LogP contribution in [0, 0.1) is 19.7 Å². The maximum absolute atomic E-state index is 13.0. The van der Waals surface area contributed by atoms with Crippen molar-refractivity contribution in [2.75, 3.05) is 5.32 Å². The van der Waals surface area contributed by atoms with Crippen molar-refractivity contribution < 1.29 is 9.18 Å². The summed E-state index contributed by atoms with van der Waals surface area (Å²) in [5.41, 5.74) is 4.54. The Balaban J connectivity index is 1.38. The predicted molar refractivity (Wildman–Crippen MR) is 121 cm³/mol. The minimum atomic E-state index is -0.272. The van der Waals surface area contributed by atoms with Crippen LogP contribution in [0.2, 0.25) is 0 Å². The number of aryl methyl sites for hydroxylation is 1. The van der Waals surface area contributed by atoms with Crippen LogP contribution in [0.4, 0.5) is 10.2 Å². The van der Waals surface area contributed by atoms with Gasteiger partial charge in [0.05, 0.1) is 29.0 Å². The molecule has 1 N–H and O–H groups in total. The van der Waals surface area contributed by atoms with Crippen LogP contribution in [0.3, 0.4) is 0 Å². The third-order valence-electron chi connectivity index (χ3n) is 4.98. The van der Waals surface area contributed by atoms with E-state index < -0.39 is 0 Å². The van der Waals surface area contributed by atoms with Gasteiger partial charge in [-0.1, -0.05) is 24.3 Å². The summed E-state index contributed by atoms with van der Waals surface area (Å²) in [6.07, 6.45) is 1.77. The van der Waals surface area contributed by atoms with Gasteiger partial charge in [-0.05, 0) is 65.2 Å². The van der Waals surface area contributed by atoms with Crippen LogP contribution in [0.15, 0.2) is 65.3 Å². The third-order valence-corrected chi connectivity index (χ3v) is 6.13. The van der Waals surface area contributed by atoms with Gasteiger partial charge in [-0.3, -0.25) is 14.2 Å². The fourth-order valence-corrected chi connectivity index (χ4v) is 3.53. The van der Waals surface area contributed by atoms with Crippen LogP contribution in [-0.4, -0.2) is 25.5 Å². The molecule has 2 heterocycles. The quantitative estimate of drug-likeness (QED) is 0.423.